The largest absolute Gasteiger partial charge is 0.497 e. The van der Waals surface area contributed by atoms with Gasteiger partial charge in [-0.15, -0.1) is 0 Å². The van der Waals surface area contributed by atoms with Crippen LogP contribution in [0.25, 0.3) is 0 Å². The van der Waals surface area contributed by atoms with Crippen LogP contribution in [-0.4, -0.2) is 29.5 Å². The van der Waals surface area contributed by atoms with E-state index in [0.717, 1.165) is 0 Å². The second-order valence-corrected chi connectivity index (χ2v) is 6.01. The Balaban J connectivity index is 2.70. The number of carbonyl (C=O) groups is 1. The quantitative estimate of drug-likeness (QED) is 0.768. The van der Waals surface area contributed by atoms with E-state index in [-0.39, 0.29) is 11.7 Å². The molecule has 1 aromatic rings. The van der Waals surface area contributed by atoms with E-state index in [1.807, 2.05) is 13.8 Å². The fraction of sp³-hybridized carbons (Fsp3) is 0.462. The standard InChI is InChI=1S/C13H20N2O3S/c1-9(2)7-15-13(16)8-19(17)12-6-10(18-3)4-5-11(12)14/h4-6,9H,7-8,14H2,1-3H3,(H,15,16). The van der Waals surface area contributed by atoms with Gasteiger partial charge >= 0.3 is 0 Å². The van der Waals surface area contributed by atoms with E-state index in [1.165, 1.54) is 7.11 Å². The van der Waals surface area contributed by atoms with Gasteiger partial charge in [0.1, 0.15) is 11.5 Å². The van der Waals surface area contributed by atoms with Crippen LogP contribution in [0.4, 0.5) is 5.69 Å². The molecule has 0 aliphatic heterocycles. The monoisotopic (exact) mass is 284 g/mol. The van der Waals surface area contributed by atoms with Gasteiger partial charge < -0.3 is 15.8 Å². The summed E-state index contributed by atoms with van der Waals surface area (Å²) in [5, 5.41) is 2.73. The molecule has 0 aliphatic rings. The van der Waals surface area contributed by atoms with Crippen LogP contribution in [0.15, 0.2) is 23.1 Å². The molecule has 0 spiro atoms. The molecule has 0 radical (unpaired) electrons. The number of amides is 1. The minimum Gasteiger partial charge on any atom is -0.497 e. The number of nitrogen functional groups attached to an aromatic ring is 1. The van der Waals surface area contributed by atoms with Gasteiger partial charge in [0, 0.05) is 12.2 Å². The summed E-state index contributed by atoms with van der Waals surface area (Å²) in [5.41, 5.74) is 6.16. The van der Waals surface area contributed by atoms with Crippen molar-refractivity contribution in [2.45, 2.75) is 18.7 Å². The SMILES string of the molecule is COc1ccc(N)c(S(=O)CC(=O)NCC(C)C)c1. The summed E-state index contributed by atoms with van der Waals surface area (Å²) in [5.74, 6) is 0.595. The highest BCUT2D eigenvalue weighted by Gasteiger charge is 2.14. The molecule has 1 atom stereocenters. The van der Waals surface area contributed by atoms with Crippen molar-refractivity contribution in [1.82, 2.24) is 5.32 Å². The number of hydrogen-bond acceptors (Lipinski definition) is 4. The van der Waals surface area contributed by atoms with E-state index >= 15 is 0 Å². The number of nitrogens with one attached hydrogen (secondary N) is 1. The van der Waals surface area contributed by atoms with Crippen LogP contribution in [0.5, 0.6) is 5.75 Å². The lowest BCUT2D eigenvalue weighted by atomic mass is 10.2. The normalized spacial score (nSPS) is 12.2. The van der Waals surface area contributed by atoms with Gasteiger partial charge in [-0.25, -0.2) is 0 Å². The zero-order valence-corrected chi connectivity index (χ0v) is 12.3. The van der Waals surface area contributed by atoms with E-state index < -0.39 is 10.8 Å². The molecule has 0 aromatic heterocycles. The highest BCUT2D eigenvalue weighted by molar-refractivity contribution is 7.86. The summed E-state index contributed by atoms with van der Waals surface area (Å²) in [6.07, 6.45) is 0. The molecule has 1 rings (SSSR count). The van der Waals surface area contributed by atoms with Gasteiger partial charge in [0.25, 0.3) is 0 Å². The van der Waals surface area contributed by atoms with Crippen LogP contribution in [0.3, 0.4) is 0 Å². The van der Waals surface area contributed by atoms with Gasteiger partial charge in [-0.05, 0) is 24.1 Å². The first-order chi connectivity index (χ1) is 8.93. The Labute approximate surface area is 116 Å². The fourth-order valence-corrected chi connectivity index (χ4v) is 2.48. The minimum absolute atomic E-state index is 0.0932. The summed E-state index contributed by atoms with van der Waals surface area (Å²) in [7, 11) is 0.0527. The molecule has 0 bridgehead atoms. The van der Waals surface area contributed by atoms with Gasteiger partial charge in [0.2, 0.25) is 5.91 Å². The Hall–Kier alpha value is -1.56. The van der Waals surface area contributed by atoms with Crippen LogP contribution in [0.2, 0.25) is 0 Å². The Morgan fingerprint density at radius 2 is 2.16 bits per heavy atom. The number of anilines is 1. The molecule has 0 aliphatic carbocycles. The third-order valence-corrected chi connectivity index (χ3v) is 3.80. The molecule has 0 heterocycles. The number of rotatable bonds is 6. The van der Waals surface area contributed by atoms with E-state index in [9.17, 15) is 9.00 Å². The van der Waals surface area contributed by atoms with Crippen molar-refractivity contribution in [2.24, 2.45) is 5.92 Å². The topological polar surface area (TPSA) is 81.4 Å². The van der Waals surface area contributed by atoms with Gasteiger partial charge in [-0.1, -0.05) is 13.8 Å². The lowest BCUT2D eigenvalue weighted by molar-refractivity contribution is -0.118. The van der Waals surface area contributed by atoms with Crippen molar-refractivity contribution in [2.75, 3.05) is 25.1 Å². The zero-order valence-electron chi connectivity index (χ0n) is 11.4. The van der Waals surface area contributed by atoms with E-state index in [1.54, 1.807) is 18.2 Å². The number of carbonyl (C=O) groups excluding carboxylic acids is 1. The van der Waals surface area contributed by atoms with E-state index in [4.69, 9.17) is 10.5 Å². The Morgan fingerprint density at radius 1 is 1.47 bits per heavy atom. The van der Waals surface area contributed by atoms with Crippen molar-refractivity contribution in [3.05, 3.63) is 18.2 Å². The van der Waals surface area contributed by atoms with Crippen molar-refractivity contribution >= 4 is 22.4 Å². The van der Waals surface area contributed by atoms with Gasteiger partial charge in [0.15, 0.2) is 0 Å². The predicted octanol–water partition coefficient (Wildman–Crippen LogP) is 1.16. The maximum absolute atomic E-state index is 12.1. The Kier molecular flexibility index (Phi) is 5.82. The molecule has 6 heteroatoms. The third-order valence-electron chi connectivity index (χ3n) is 2.44. The van der Waals surface area contributed by atoms with Crippen molar-refractivity contribution in [3.63, 3.8) is 0 Å². The van der Waals surface area contributed by atoms with Crippen LogP contribution in [-0.2, 0) is 15.6 Å². The van der Waals surface area contributed by atoms with Crippen LogP contribution < -0.4 is 15.8 Å². The van der Waals surface area contributed by atoms with Gasteiger partial charge in [0.05, 0.1) is 22.8 Å². The summed E-state index contributed by atoms with van der Waals surface area (Å²) < 4.78 is 17.2. The van der Waals surface area contributed by atoms with Gasteiger partial charge in [-0.2, -0.15) is 0 Å². The number of hydrogen-bond donors (Lipinski definition) is 2. The molecule has 0 saturated carbocycles. The molecule has 19 heavy (non-hydrogen) atoms. The maximum atomic E-state index is 12.1. The summed E-state index contributed by atoms with van der Waals surface area (Å²) in [6.45, 7) is 4.57. The van der Waals surface area contributed by atoms with Gasteiger partial charge in [-0.3, -0.25) is 9.00 Å². The third kappa shape index (κ3) is 4.90. The second kappa shape index (κ2) is 7.13. The molecule has 3 N–H and O–H groups in total. The first-order valence-electron chi connectivity index (χ1n) is 6.02. The highest BCUT2D eigenvalue weighted by atomic mass is 32.2. The minimum atomic E-state index is -1.47. The van der Waals surface area contributed by atoms with Crippen LogP contribution in [0, 0.1) is 5.92 Å². The van der Waals surface area contributed by atoms with Crippen molar-refractivity contribution < 1.29 is 13.7 Å². The first-order valence-corrected chi connectivity index (χ1v) is 7.34. The zero-order chi connectivity index (χ0) is 14.4. The van der Waals surface area contributed by atoms with Crippen molar-refractivity contribution in [1.29, 1.82) is 0 Å². The molecule has 1 unspecified atom stereocenters. The predicted molar refractivity (Wildman–Crippen MR) is 76.5 cm³/mol. The fourth-order valence-electron chi connectivity index (χ4n) is 1.40. The molecular weight excluding hydrogens is 264 g/mol. The molecule has 1 aromatic carbocycles. The van der Waals surface area contributed by atoms with Crippen LogP contribution in [0.1, 0.15) is 13.8 Å². The molecule has 0 saturated heterocycles. The number of benzene rings is 1. The number of nitrogens with two attached hydrogens (primary N) is 1. The lowest BCUT2D eigenvalue weighted by Crippen LogP contribution is -2.31. The maximum Gasteiger partial charge on any atom is 0.233 e. The molecular formula is C13H20N2O3S. The van der Waals surface area contributed by atoms with E-state index in [0.29, 0.717) is 28.8 Å². The Bertz CT molecular complexity index is 475. The smallest absolute Gasteiger partial charge is 0.233 e. The van der Waals surface area contributed by atoms with Crippen LogP contribution >= 0.6 is 0 Å². The number of methoxy groups -OCH3 is 1. The lowest BCUT2D eigenvalue weighted by Gasteiger charge is -2.09. The summed E-state index contributed by atoms with van der Waals surface area (Å²) in [6, 6.07) is 4.91. The average Bonchev–Trinajstić information content (AvgIpc) is 2.36. The highest BCUT2D eigenvalue weighted by Crippen LogP contribution is 2.22. The summed E-state index contributed by atoms with van der Waals surface area (Å²) in [4.78, 5) is 12.1. The summed E-state index contributed by atoms with van der Waals surface area (Å²) >= 11 is 0. The molecule has 106 valence electrons. The average molecular weight is 284 g/mol. The molecule has 5 nitrogen and oxygen atoms in total. The second-order valence-electron chi connectivity index (χ2n) is 4.59. The molecule has 0 fully saturated rings. The number of ether oxygens (including phenoxy) is 1. The Morgan fingerprint density at radius 3 is 2.74 bits per heavy atom. The first kappa shape index (κ1) is 15.5. The van der Waals surface area contributed by atoms with E-state index in [2.05, 4.69) is 5.32 Å². The molecule has 1 amide bonds. The van der Waals surface area contributed by atoms with Crippen molar-refractivity contribution in [3.8, 4) is 5.75 Å².